The molecule has 0 saturated heterocycles. The molecule has 4 heterocycles. The van der Waals surface area contributed by atoms with Crippen molar-refractivity contribution in [2.45, 2.75) is 48.0 Å². The van der Waals surface area contributed by atoms with E-state index in [0.717, 1.165) is 11.3 Å². The van der Waals surface area contributed by atoms with Crippen molar-refractivity contribution in [1.29, 1.82) is 0 Å². The van der Waals surface area contributed by atoms with Crippen LogP contribution in [-0.2, 0) is 0 Å². The fourth-order valence-corrected chi connectivity index (χ4v) is 1.86. The van der Waals surface area contributed by atoms with Gasteiger partial charge in [-0.3, -0.25) is 4.40 Å². The first-order valence-electron chi connectivity index (χ1n) is 8.66. The highest BCUT2D eigenvalue weighted by Crippen LogP contribution is 2.01. The maximum atomic E-state index is 4.03. The lowest BCUT2D eigenvalue weighted by Gasteiger charge is -1.91. The van der Waals surface area contributed by atoms with Crippen molar-refractivity contribution in [3.05, 3.63) is 60.4 Å². The monoisotopic (exact) mass is 340 g/mol. The molecule has 134 valence electrons. The van der Waals surface area contributed by atoms with Crippen molar-refractivity contribution in [2.75, 3.05) is 0 Å². The van der Waals surface area contributed by atoms with E-state index in [1.165, 1.54) is 17.5 Å². The number of rotatable bonds is 0. The number of fused-ring (bicyclic) bond motifs is 2. The maximum Gasteiger partial charge on any atom is 0.160 e. The zero-order valence-corrected chi connectivity index (χ0v) is 16.0. The van der Waals surface area contributed by atoms with Crippen molar-refractivity contribution in [3.8, 4) is 0 Å². The molecule has 0 saturated carbocycles. The third-order valence-corrected chi connectivity index (χ3v) is 2.87. The summed E-state index contributed by atoms with van der Waals surface area (Å²) in [6.07, 6.45) is 8.39. The van der Waals surface area contributed by atoms with Gasteiger partial charge in [-0.1, -0.05) is 40.2 Å². The van der Waals surface area contributed by atoms with Gasteiger partial charge < -0.3 is 0 Å². The summed E-state index contributed by atoms with van der Waals surface area (Å²) in [5.74, 6) is 0. The first-order chi connectivity index (χ1) is 12.1. The van der Waals surface area contributed by atoms with Crippen molar-refractivity contribution in [3.63, 3.8) is 0 Å². The Morgan fingerprint density at radius 2 is 1.68 bits per heavy atom. The largest absolute Gasteiger partial charge is 0.289 e. The second kappa shape index (κ2) is 10.9. The predicted molar refractivity (Wildman–Crippen MR) is 103 cm³/mol. The maximum absolute atomic E-state index is 4.03. The van der Waals surface area contributed by atoms with Crippen LogP contribution in [0.25, 0.3) is 11.3 Å². The minimum atomic E-state index is 0.894. The van der Waals surface area contributed by atoms with Crippen LogP contribution in [0.3, 0.4) is 0 Å². The minimum absolute atomic E-state index is 0.894. The van der Waals surface area contributed by atoms with E-state index in [2.05, 4.69) is 34.1 Å². The van der Waals surface area contributed by atoms with Crippen LogP contribution in [0.15, 0.2) is 49.3 Å². The Labute approximate surface area is 149 Å². The summed E-state index contributed by atoms with van der Waals surface area (Å²) in [4.78, 5) is 4.03. The molecule has 0 aliphatic rings. The molecule has 0 atom stereocenters. The minimum Gasteiger partial charge on any atom is -0.289 e. The molecule has 0 N–H and O–H groups in total. The summed E-state index contributed by atoms with van der Waals surface area (Å²) in [5, 5.41) is 11.6. The van der Waals surface area contributed by atoms with Crippen LogP contribution in [0.4, 0.5) is 0 Å². The molecule has 25 heavy (non-hydrogen) atoms. The van der Waals surface area contributed by atoms with Gasteiger partial charge in [-0.15, -0.1) is 10.2 Å². The van der Waals surface area contributed by atoms with E-state index in [4.69, 9.17) is 0 Å². The highest BCUT2D eigenvalue weighted by Gasteiger charge is 1.92. The number of aryl methyl sites for hydroxylation is 2. The van der Waals surface area contributed by atoms with Crippen molar-refractivity contribution in [1.82, 2.24) is 29.2 Å². The Bertz CT molecular complexity index is 790. The first-order valence-corrected chi connectivity index (χ1v) is 8.66. The van der Waals surface area contributed by atoms with Crippen LogP contribution >= 0.6 is 0 Å². The van der Waals surface area contributed by atoms with Gasteiger partial charge in [0.25, 0.3) is 0 Å². The first kappa shape index (κ1) is 20.3. The normalized spacial score (nSPS) is 9.36. The topological polar surface area (TPSA) is 60.4 Å². The summed E-state index contributed by atoms with van der Waals surface area (Å²) in [6.45, 7) is 12.3. The van der Waals surface area contributed by atoms with Crippen LogP contribution in [0.1, 0.15) is 45.2 Å². The Balaban J connectivity index is 0.000000200. The van der Waals surface area contributed by atoms with E-state index in [1.807, 2.05) is 68.8 Å². The van der Waals surface area contributed by atoms with Crippen LogP contribution in [0.5, 0.6) is 0 Å². The predicted octanol–water partition coefficient (Wildman–Crippen LogP) is 4.52. The molecule has 0 spiro atoms. The Kier molecular flexibility index (Phi) is 8.85. The van der Waals surface area contributed by atoms with Gasteiger partial charge in [0.05, 0.1) is 0 Å². The molecule has 4 aromatic rings. The molecule has 0 unspecified atom stereocenters. The Morgan fingerprint density at radius 1 is 0.960 bits per heavy atom. The average Bonchev–Trinajstić information content (AvgIpc) is 3.26. The molecule has 0 bridgehead atoms. The summed E-state index contributed by atoms with van der Waals surface area (Å²) in [6, 6.07) is 7.96. The van der Waals surface area contributed by atoms with Gasteiger partial charge in [0.2, 0.25) is 0 Å². The van der Waals surface area contributed by atoms with E-state index < -0.39 is 0 Å². The number of nitrogens with zero attached hydrogens (tertiary/aromatic N) is 6. The van der Waals surface area contributed by atoms with Crippen molar-refractivity contribution >= 4 is 11.3 Å². The molecular formula is C19H28N6. The zero-order chi connectivity index (χ0) is 18.7. The highest BCUT2D eigenvalue weighted by atomic mass is 15.3. The smallest absolute Gasteiger partial charge is 0.160 e. The number of hydrogen-bond donors (Lipinski definition) is 0. The van der Waals surface area contributed by atoms with Crippen LogP contribution in [0.2, 0.25) is 0 Å². The van der Waals surface area contributed by atoms with Gasteiger partial charge in [0.1, 0.15) is 12.7 Å². The molecule has 4 aromatic heterocycles. The van der Waals surface area contributed by atoms with Crippen LogP contribution < -0.4 is 0 Å². The van der Waals surface area contributed by atoms with Gasteiger partial charge in [-0.05, 0) is 43.2 Å². The molecule has 0 aliphatic heterocycles. The summed E-state index contributed by atoms with van der Waals surface area (Å²) < 4.78 is 3.64. The van der Waals surface area contributed by atoms with Gasteiger partial charge in [-0.25, -0.2) is 9.50 Å². The molecule has 0 fully saturated rings. The molecule has 0 aromatic carbocycles. The van der Waals surface area contributed by atoms with Crippen LogP contribution in [-0.4, -0.2) is 29.2 Å². The van der Waals surface area contributed by atoms with E-state index >= 15 is 0 Å². The zero-order valence-electron chi connectivity index (χ0n) is 16.0. The van der Waals surface area contributed by atoms with Crippen LogP contribution in [0, 0.1) is 13.8 Å². The molecule has 6 nitrogen and oxygen atoms in total. The molecule has 0 amide bonds. The summed E-state index contributed by atoms with van der Waals surface area (Å²) in [5.41, 5.74) is 4.22. The van der Waals surface area contributed by atoms with Crippen molar-refractivity contribution in [2.24, 2.45) is 0 Å². The molecule has 6 heteroatoms. The van der Waals surface area contributed by atoms with Crippen molar-refractivity contribution < 1.29 is 0 Å². The molecular weight excluding hydrogens is 312 g/mol. The highest BCUT2D eigenvalue weighted by molar-refractivity contribution is 5.38. The summed E-state index contributed by atoms with van der Waals surface area (Å²) >= 11 is 0. The third kappa shape index (κ3) is 6.33. The van der Waals surface area contributed by atoms with Gasteiger partial charge in [-0.2, -0.15) is 5.10 Å². The lowest BCUT2D eigenvalue weighted by molar-refractivity contribution is 0.958. The fraction of sp³-hybridized carbons (Fsp3) is 0.368. The SMILES string of the molecule is CC.CCC.Cc1ccc2nncn2c1.Cc1ccn2ncnc2c1. The van der Waals surface area contributed by atoms with Gasteiger partial charge in [0, 0.05) is 12.4 Å². The number of hydrogen-bond acceptors (Lipinski definition) is 4. The quantitative estimate of drug-likeness (QED) is 0.472. The van der Waals surface area contributed by atoms with E-state index in [9.17, 15) is 0 Å². The number of pyridine rings is 2. The second-order valence-corrected chi connectivity index (χ2v) is 5.28. The summed E-state index contributed by atoms with van der Waals surface area (Å²) in [7, 11) is 0. The Hall–Kier alpha value is -2.76. The number of aromatic nitrogens is 6. The second-order valence-electron chi connectivity index (χ2n) is 5.28. The molecule has 4 rings (SSSR count). The molecule has 0 aliphatic carbocycles. The lowest BCUT2D eigenvalue weighted by atomic mass is 10.3. The van der Waals surface area contributed by atoms with E-state index in [0.29, 0.717) is 0 Å². The van der Waals surface area contributed by atoms with Gasteiger partial charge in [0.15, 0.2) is 11.3 Å². The van der Waals surface area contributed by atoms with Gasteiger partial charge >= 0.3 is 0 Å². The third-order valence-electron chi connectivity index (χ3n) is 2.87. The lowest BCUT2D eigenvalue weighted by Crippen LogP contribution is -1.85. The average molecular weight is 340 g/mol. The fourth-order valence-electron chi connectivity index (χ4n) is 1.86. The standard InChI is InChI=1S/2C7H7N3.C3H8.C2H6/c1-6-2-3-10-7(4-6)8-5-9-10;1-6-2-3-7-9-8-5-10(7)4-6;1-3-2;1-2/h2*2-5H,1H3;3H2,1-2H3;1-2H3. The molecule has 0 radical (unpaired) electrons. The van der Waals surface area contributed by atoms with E-state index in [1.54, 1.807) is 17.2 Å². The Morgan fingerprint density at radius 3 is 2.40 bits per heavy atom. The van der Waals surface area contributed by atoms with E-state index in [-0.39, 0.29) is 0 Å².